The highest BCUT2D eigenvalue weighted by Crippen LogP contribution is 2.35. The van der Waals surface area contributed by atoms with E-state index in [-0.39, 0.29) is 5.91 Å². The molecule has 0 aliphatic carbocycles. The monoisotopic (exact) mass is 427 g/mol. The maximum atomic E-state index is 12.8. The molecule has 0 saturated carbocycles. The highest BCUT2D eigenvalue weighted by atomic mass is 32.2. The molecule has 4 rings (SSSR count). The van der Waals surface area contributed by atoms with Crippen molar-refractivity contribution in [1.29, 1.82) is 0 Å². The third-order valence-corrected chi connectivity index (χ3v) is 6.98. The summed E-state index contributed by atoms with van der Waals surface area (Å²) in [6.07, 6.45) is 0. The van der Waals surface area contributed by atoms with Crippen LogP contribution in [0.2, 0.25) is 0 Å². The van der Waals surface area contributed by atoms with E-state index in [2.05, 4.69) is 27.6 Å². The van der Waals surface area contributed by atoms with Crippen LogP contribution in [0.15, 0.2) is 70.8 Å². The highest BCUT2D eigenvalue weighted by Gasteiger charge is 2.24. The first-order chi connectivity index (χ1) is 13.8. The number of carbonyl (C=O) groups is 1. The zero-order valence-electron chi connectivity index (χ0n) is 14.8. The highest BCUT2D eigenvalue weighted by molar-refractivity contribution is 8.08. The van der Waals surface area contributed by atoms with Crippen molar-refractivity contribution in [2.75, 3.05) is 17.7 Å². The van der Waals surface area contributed by atoms with Crippen LogP contribution in [0.1, 0.15) is 11.1 Å². The van der Waals surface area contributed by atoms with Crippen molar-refractivity contribution in [3.05, 3.63) is 77.5 Å². The molecule has 5 nitrogen and oxygen atoms in total. The molecule has 28 heavy (non-hydrogen) atoms. The van der Waals surface area contributed by atoms with E-state index in [9.17, 15) is 4.79 Å². The number of nitrogens with one attached hydrogen (secondary N) is 1. The predicted octanol–water partition coefficient (Wildman–Crippen LogP) is 4.90. The molecule has 1 aliphatic rings. The number of nitrogens with zero attached hydrogens (tertiary/aromatic N) is 2. The van der Waals surface area contributed by atoms with Crippen LogP contribution in [0, 0.1) is 0 Å². The van der Waals surface area contributed by atoms with Crippen molar-refractivity contribution >= 4 is 50.8 Å². The molecule has 0 atom stereocenters. The zero-order chi connectivity index (χ0) is 19.2. The van der Waals surface area contributed by atoms with E-state index >= 15 is 0 Å². The fourth-order valence-electron chi connectivity index (χ4n) is 2.58. The first-order valence-corrected chi connectivity index (χ1v) is 11.5. The number of carbonyl (C=O) groups excluding carboxylic acids is 1. The Labute approximate surface area is 175 Å². The maximum Gasteiger partial charge on any atom is 0.293 e. The van der Waals surface area contributed by atoms with E-state index in [1.165, 1.54) is 16.9 Å². The van der Waals surface area contributed by atoms with E-state index in [0.29, 0.717) is 17.5 Å². The average molecular weight is 428 g/mol. The molecule has 3 aromatic rings. The van der Waals surface area contributed by atoms with Gasteiger partial charge in [0.25, 0.3) is 5.91 Å². The van der Waals surface area contributed by atoms with E-state index in [0.717, 1.165) is 26.3 Å². The summed E-state index contributed by atoms with van der Waals surface area (Å²) in [7, 11) is 0. The second-order valence-electron chi connectivity index (χ2n) is 5.82. The fraction of sp³-hybridized carbons (Fsp3) is 0.150. The Morgan fingerprint density at radius 3 is 2.61 bits per heavy atom. The molecule has 1 aliphatic heterocycles. The number of aromatic nitrogens is 2. The van der Waals surface area contributed by atoms with Crippen molar-refractivity contribution in [3.63, 3.8) is 0 Å². The fourth-order valence-corrected chi connectivity index (χ4v) is 5.24. The first kappa shape index (κ1) is 19.0. The van der Waals surface area contributed by atoms with Gasteiger partial charge in [-0.15, -0.1) is 22.0 Å². The van der Waals surface area contributed by atoms with Gasteiger partial charge in [0.05, 0.1) is 11.5 Å². The molecule has 0 radical (unpaired) electrons. The lowest BCUT2D eigenvalue weighted by atomic mass is 10.2. The lowest BCUT2D eigenvalue weighted by Gasteiger charge is -2.20. The molecule has 0 spiro atoms. The van der Waals surface area contributed by atoms with E-state index in [4.69, 9.17) is 4.74 Å². The van der Waals surface area contributed by atoms with Gasteiger partial charge in [-0.25, -0.2) is 0 Å². The van der Waals surface area contributed by atoms with Crippen molar-refractivity contribution in [3.8, 4) is 0 Å². The van der Waals surface area contributed by atoms with Gasteiger partial charge >= 0.3 is 0 Å². The number of ether oxygens (including phenoxy) is 1. The van der Waals surface area contributed by atoms with Gasteiger partial charge in [-0.05, 0) is 11.1 Å². The third kappa shape index (κ3) is 4.76. The molecule has 1 N–H and O–H groups in total. The standard InChI is InChI=1S/C20H17N3O2S3/c24-18(16-17(26-12-11-25-16)15-9-5-2-6-10-15)21-19-22-23-20(28-19)27-13-14-7-3-1-4-8-14/h1-10H,11-13H2,(H,21,22,24). The number of hydrogen-bond donors (Lipinski definition) is 1. The Morgan fingerprint density at radius 2 is 1.82 bits per heavy atom. The molecule has 0 fully saturated rings. The van der Waals surface area contributed by atoms with E-state index in [1.54, 1.807) is 23.5 Å². The summed E-state index contributed by atoms with van der Waals surface area (Å²) >= 11 is 4.60. The Morgan fingerprint density at radius 1 is 1.07 bits per heavy atom. The molecular weight excluding hydrogens is 410 g/mol. The third-order valence-electron chi connectivity index (χ3n) is 3.86. The van der Waals surface area contributed by atoms with Crippen LogP contribution in [0.4, 0.5) is 5.13 Å². The van der Waals surface area contributed by atoms with Gasteiger partial charge in [0.2, 0.25) is 5.13 Å². The summed E-state index contributed by atoms with van der Waals surface area (Å²) in [6, 6.07) is 20.0. The van der Waals surface area contributed by atoms with Crippen LogP contribution >= 0.6 is 34.9 Å². The molecular formula is C20H17N3O2S3. The Bertz CT molecular complexity index is 975. The number of anilines is 1. The van der Waals surface area contributed by atoms with Crippen LogP contribution in [0.5, 0.6) is 0 Å². The van der Waals surface area contributed by atoms with Crippen molar-refractivity contribution in [1.82, 2.24) is 10.2 Å². The summed E-state index contributed by atoms with van der Waals surface area (Å²) in [6.45, 7) is 0.512. The summed E-state index contributed by atoms with van der Waals surface area (Å²) in [4.78, 5) is 13.6. The van der Waals surface area contributed by atoms with E-state index in [1.807, 2.05) is 48.5 Å². The Kier molecular flexibility index (Phi) is 6.31. The van der Waals surface area contributed by atoms with Gasteiger partial charge in [0, 0.05) is 11.5 Å². The smallest absolute Gasteiger partial charge is 0.293 e. The second-order valence-corrected chi connectivity index (χ2v) is 9.13. The molecule has 0 bridgehead atoms. The summed E-state index contributed by atoms with van der Waals surface area (Å²) in [5.74, 6) is 1.69. The maximum absolute atomic E-state index is 12.8. The molecule has 8 heteroatoms. The molecule has 0 unspecified atom stereocenters. The van der Waals surface area contributed by atoms with Crippen LogP contribution < -0.4 is 5.32 Å². The minimum atomic E-state index is -0.290. The summed E-state index contributed by atoms with van der Waals surface area (Å²) < 4.78 is 6.50. The average Bonchev–Trinajstić information content (AvgIpc) is 3.21. The lowest BCUT2D eigenvalue weighted by molar-refractivity contribution is -0.115. The predicted molar refractivity (Wildman–Crippen MR) is 116 cm³/mol. The van der Waals surface area contributed by atoms with Gasteiger partial charge in [-0.1, -0.05) is 83.8 Å². The van der Waals surface area contributed by atoms with Crippen LogP contribution in [-0.2, 0) is 15.3 Å². The normalized spacial score (nSPS) is 13.9. The molecule has 1 amide bonds. The number of thioether (sulfide) groups is 2. The van der Waals surface area contributed by atoms with Crippen LogP contribution in [-0.4, -0.2) is 28.5 Å². The number of benzene rings is 2. The van der Waals surface area contributed by atoms with E-state index < -0.39 is 0 Å². The van der Waals surface area contributed by atoms with Crippen LogP contribution in [0.25, 0.3) is 4.91 Å². The van der Waals surface area contributed by atoms with Gasteiger partial charge in [-0.3, -0.25) is 10.1 Å². The van der Waals surface area contributed by atoms with Crippen molar-refractivity contribution in [2.24, 2.45) is 0 Å². The second kappa shape index (κ2) is 9.27. The summed E-state index contributed by atoms with van der Waals surface area (Å²) in [5.41, 5.74) is 2.20. The summed E-state index contributed by atoms with van der Waals surface area (Å²) in [5, 5.41) is 11.6. The minimum Gasteiger partial charge on any atom is -0.486 e. The molecule has 142 valence electrons. The largest absolute Gasteiger partial charge is 0.486 e. The number of rotatable bonds is 6. The number of hydrogen-bond acceptors (Lipinski definition) is 7. The Balaban J connectivity index is 1.44. The molecule has 1 aromatic heterocycles. The zero-order valence-corrected chi connectivity index (χ0v) is 17.3. The quantitative estimate of drug-likeness (QED) is 0.446. The first-order valence-electron chi connectivity index (χ1n) is 8.66. The van der Waals surface area contributed by atoms with Crippen molar-refractivity contribution in [2.45, 2.75) is 10.1 Å². The topological polar surface area (TPSA) is 64.1 Å². The van der Waals surface area contributed by atoms with Crippen LogP contribution in [0.3, 0.4) is 0 Å². The molecule has 2 aromatic carbocycles. The lowest BCUT2D eigenvalue weighted by Crippen LogP contribution is -2.21. The molecule has 0 saturated heterocycles. The van der Waals surface area contributed by atoms with Crippen molar-refractivity contribution < 1.29 is 9.53 Å². The van der Waals surface area contributed by atoms with Gasteiger partial charge in [-0.2, -0.15) is 0 Å². The SMILES string of the molecule is O=C(Nc1nnc(SCc2ccccc2)s1)C1=C(c2ccccc2)SCCO1. The van der Waals surface area contributed by atoms with Gasteiger partial charge in [0.1, 0.15) is 0 Å². The number of amides is 1. The van der Waals surface area contributed by atoms with Gasteiger partial charge in [0.15, 0.2) is 10.1 Å². The molecule has 2 heterocycles. The van der Waals surface area contributed by atoms with Gasteiger partial charge < -0.3 is 4.74 Å². The Hall–Kier alpha value is -2.29. The minimum absolute atomic E-state index is 0.290.